The van der Waals surface area contributed by atoms with Crippen molar-refractivity contribution in [3.63, 3.8) is 0 Å². The molecule has 1 heterocycles. The maximum absolute atomic E-state index is 11.6. The van der Waals surface area contributed by atoms with E-state index in [1.54, 1.807) is 0 Å². The van der Waals surface area contributed by atoms with Crippen LogP contribution in [0.2, 0.25) is 0 Å². The van der Waals surface area contributed by atoms with Gasteiger partial charge >= 0.3 is 0 Å². The highest BCUT2D eigenvalue weighted by Crippen LogP contribution is 2.05. The molecule has 1 aliphatic heterocycles. The molecule has 0 atom stereocenters. The SMILES string of the molecule is CCCCCCC(=O)CCC(=O)NCCC1=CNCN1. The highest BCUT2D eigenvalue weighted by Gasteiger charge is 2.07. The zero-order chi connectivity index (χ0) is 14.6. The van der Waals surface area contributed by atoms with Gasteiger partial charge in [-0.25, -0.2) is 0 Å². The molecule has 0 saturated carbocycles. The maximum atomic E-state index is 11.6. The summed E-state index contributed by atoms with van der Waals surface area (Å²) >= 11 is 0. The number of unbranched alkanes of at least 4 members (excludes halogenated alkanes) is 3. The zero-order valence-corrected chi connectivity index (χ0v) is 12.5. The molecule has 0 unspecified atom stereocenters. The average Bonchev–Trinajstić information content (AvgIpc) is 2.94. The largest absolute Gasteiger partial charge is 0.372 e. The molecule has 0 fully saturated rings. The molecule has 0 radical (unpaired) electrons. The van der Waals surface area contributed by atoms with E-state index < -0.39 is 0 Å². The molecular formula is C15H27N3O2. The number of amides is 1. The summed E-state index contributed by atoms with van der Waals surface area (Å²) in [6, 6.07) is 0. The van der Waals surface area contributed by atoms with Crippen molar-refractivity contribution in [3.8, 4) is 0 Å². The molecule has 0 aromatic rings. The third-order valence-corrected chi connectivity index (χ3v) is 3.35. The predicted octanol–water partition coefficient (Wildman–Crippen LogP) is 1.80. The Morgan fingerprint density at radius 1 is 1.20 bits per heavy atom. The van der Waals surface area contributed by atoms with Crippen LogP contribution >= 0.6 is 0 Å². The Labute approximate surface area is 121 Å². The summed E-state index contributed by atoms with van der Waals surface area (Å²) in [6.07, 6.45) is 8.47. The van der Waals surface area contributed by atoms with Gasteiger partial charge in [-0.3, -0.25) is 9.59 Å². The summed E-state index contributed by atoms with van der Waals surface area (Å²) < 4.78 is 0. The molecule has 5 nitrogen and oxygen atoms in total. The first kappa shape index (κ1) is 16.5. The number of ketones is 1. The van der Waals surface area contributed by atoms with E-state index in [0.717, 1.165) is 31.6 Å². The number of carbonyl (C=O) groups is 2. The minimum Gasteiger partial charge on any atom is -0.372 e. The van der Waals surface area contributed by atoms with E-state index in [-0.39, 0.29) is 11.7 Å². The molecule has 0 aliphatic carbocycles. The van der Waals surface area contributed by atoms with Crippen LogP contribution in [-0.2, 0) is 9.59 Å². The molecule has 0 aromatic heterocycles. The Kier molecular flexibility index (Phi) is 8.51. The molecule has 1 amide bonds. The molecule has 0 spiro atoms. The van der Waals surface area contributed by atoms with Crippen LogP contribution in [-0.4, -0.2) is 24.9 Å². The van der Waals surface area contributed by atoms with E-state index in [1.807, 2.05) is 6.20 Å². The fourth-order valence-electron chi connectivity index (χ4n) is 2.10. The van der Waals surface area contributed by atoms with Crippen molar-refractivity contribution < 1.29 is 9.59 Å². The normalized spacial score (nSPS) is 13.3. The first-order valence-electron chi connectivity index (χ1n) is 7.67. The minimum atomic E-state index is -0.0292. The number of nitrogens with one attached hydrogen (secondary N) is 3. The summed E-state index contributed by atoms with van der Waals surface area (Å²) in [5.41, 5.74) is 1.11. The van der Waals surface area contributed by atoms with Crippen molar-refractivity contribution in [2.75, 3.05) is 13.2 Å². The number of rotatable bonds is 11. The van der Waals surface area contributed by atoms with E-state index in [0.29, 0.717) is 25.8 Å². The summed E-state index contributed by atoms with van der Waals surface area (Å²) in [5.74, 6) is 0.180. The van der Waals surface area contributed by atoms with Crippen LogP contribution in [0.3, 0.4) is 0 Å². The van der Waals surface area contributed by atoms with Gasteiger partial charge in [0.1, 0.15) is 5.78 Å². The Hall–Kier alpha value is -1.52. The second kappa shape index (κ2) is 10.3. The second-order valence-electron chi connectivity index (χ2n) is 5.18. The smallest absolute Gasteiger partial charge is 0.220 e. The lowest BCUT2D eigenvalue weighted by atomic mass is 10.1. The van der Waals surface area contributed by atoms with Crippen LogP contribution < -0.4 is 16.0 Å². The van der Waals surface area contributed by atoms with Crippen LogP contribution in [0.1, 0.15) is 58.3 Å². The van der Waals surface area contributed by atoms with Gasteiger partial charge in [-0.05, 0) is 6.42 Å². The molecule has 1 rings (SSSR count). The fraction of sp³-hybridized carbons (Fsp3) is 0.733. The number of hydrogen-bond acceptors (Lipinski definition) is 4. The van der Waals surface area contributed by atoms with Gasteiger partial charge in [-0.1, -0.05) is 26.2 Å². The van der Waals surface area contributed by atoms with E-state index in [4.69, 9.17) is 0 Å². The average molecular weight is 281 g/mol. The van der Waals surface area contributed by atoms with Crippen molar-refractivity contribution >= 4 is 11.7 Å². The topological polar surface area (TPSA) is 70.2 Å². The molecule has 0 bridgehead atoms. The first-order valence-corrected chi connectivity index (χ1v) is 7.67. The maximum Gasteiger partial charge on any atom is 0.220 e. The Morgan fingerprint density at radius 2 is 2.05 bits per heavy atom. The number of carbonyl (C=O) groups excluding carboxylic acids is 2. The van der Waals surface area contributed by atoms with Gasteiger partial charge in [-0.2, -0.15) is 0 Å². The van der Waals surface area contributed by atoms with Crippen molar-refractivity contribution in [1.82, 2.24) is 16.0 Å². The second-order valence-corrected chi connectivity index (χ2v) is 5.18. The van der Waals surface area contributed by atoms with Gasteiger partial charge in [0.25, 0.3) is 0 Å². The van der Waals surface area contributed by atoms with Crippen molar-refractivity contribution in [2.24, 2.45) is 0 Å². The standard InChI is InChI=1S/C15H27N3O2/c1-2-3-4-5-6-14(19)7-8-15(20)17-10-9-13-11-16-12-18-13/h11,16,18H,2-10,12H2,1H3,(H,17,20). The van der Waals surface area contributed by atoms with Crippen molar-refractivity contribution in [1.29, 1.82) is 0 Å². The quantitative estimate of drug-likeness (QED) is 0.505. The molecular weight excluding hydrogens is 254 g/mol. The van der Waals surface area contributed by atoms with E-state index >= 15 is 0 Å². The molecule has 20 heavy (non-hydrogen) atoms. The van der Waals surface area contributed by atoms with Gasteiger partial charge in [0.15, 0.2) is 0 Å². The highest BCUT2D eigenvalue weighted by atomic mass is 16.2. The van der Waals surface area contributed by atoms with Gasteiger partial charge in [0, 0.05) is 44.1 Å². The summed E-state index contributed by atoms with van der Waals surface area (Å²) in [7, 11) is 0. The van der Waals surface area contributed by atoms with E-state index in [2.05, 4.69) is 22.9 Å². The van der Waals surface area contributed by atoms with Gasteiger partial charge < -0.3 is 16.0 Å². The summed E-state index contributed by atoms with van der Waals surface area (Å²) in [6.45, 7) is 3.53. The molecule has 1 aliphatic rings. The van der Waals surface area contributed by atoms with Gasteiger partial charge in [-0.15, -0.1) is 0 Å². The molecule has 114 valence electrons. The molecule has 5 heteroatoms. The van der Waals surface area contributed by atoms with Crippen molar-refractivity contribution in [3.05, 3.63) is 11.9 Å². The van der Waals surface area contributed by atoms with Crippen LogP contribution in [0.5, 0.6) is 0 Å². The molecule has 0 saturated heterocycles. The first-order chi connectivity index (χ1) is 9.72. The lowest BCUT2D eigenvalue weighted by molar-refractivity contribution is -0.125. The third-order valence-electron chi connectivity index (χ3n) is 3.35. The van der Waals surface area contributed by atoms with Gasteiger partial charge in [0.2, 0.25) is 5.91 Å². The lowest BCUT2D eigenvalue weighted by Crippen LogP contribution is -2.26. The Morgan fingerprint density at radius 3 is 2.75 bits per heavy atom. The summed E-state index contributed by atoms with van der Waals surface area (Å²) in [4.78, 5) is 23.2. The highest BCUT2D eigenvalue weighted by molar-refractivity contribution is 5.84. The third kappa shape index (κ3) is 7.81. The molecule has 3 N–H and O–H groups in total. The predicted molar refractivity (Wildman–Crippen MR) is 79.8 cm³/mol. The lowest BCUT2D eigenvalue weighted by Gasteiger charge is -2.06. The van der Waals surface area contributed by atoms with Crippen LogP contribution in [0.4, 0.5) is 0 Å². The van der Waals surface area contributed by atoms with Crippen LogP contribution in [0, 0.1) is 0 Å². The van der Waals surface area contributed by atoms with Gasteiger partial charge in [0.05, 0.1) is 6.67 Å². The fourth-order valence-corrected chi connectivity index (χ4v) is 2.10. The van der Waals surface area contributed by atoms with Crippen molar-refractivity contribution in [2.45, 2.75) is 58.3 Å². The summed E-state index contributed by atoms with van der Waals surface area (Å²) in [5, 5.41) is 9.05. The zero-order valence-electron chi connectivity index (χ0n) is 12.5. The number of Topliss-reactive ketones (excluding diaryl/α,β-unsaturated/α-hetero) is 1. The van der Waals surface area contributed by atoms with Crippen LogP contribution in [0.15, 0.2) is 11.9 Å². The van der Waals surface area contributed by atoms with E-state index in [9.17, 15) is 9.59 Å². The van der Waals surface area contributed by atoms with E-state index in [1.165, 1.54) is 12.8 Å². The number of hydrogen-bond donors (Lipinski definition) is 3. The monoisotopic (exact) mass is 281 g/mol. The minimum absolute atomic E-state index is 0.0292. The van der Waals surface area contributed by atoms with Crippen LogP contribution in [0.25, 0.3) is 0 Å². The Bertz CT molecular complexity index is 340. The molecule has 0 aromatic carbocycles. The Balaban J connectivity index is 1.97.